The largest absolute Gasteiger partial charge is 0.352 e. The highest BCUT2D eigenvalue weighted by Gasteiger charge is 2.41. The van der Waals surface area contributed by atoms with Crippen LogP contribution in [0.1, 0.15) is 29.0 Å². The van der Waals surface area contributed by atoms with Crippen LogP contribution in [0.2, 0.25) is 5.02 Å². The van der Waals surface area contributed by atoms with Crippen LogP contribution in [0, 0.1) is 0 Å². The van der Waals surface area contributed by atoms with E-state index in [1.807, 2.05) is 54.9 Å². The monoisotopic (exact) mass is 445 g/mol. The Kier molecular flexibility index (Phi) is 5.40. The van der Waals surface area contributed by atoms with E-state index >= 15 is 0 Å². The standard InChI is InChI=1S/C24H20ClN5S/c25-18-7-3-8-19(14-18)29-13-5-10-21(29)23-22(20-9-1-2-12-27-20)28-24(31)30(23)16-17-6-4-11-26-15-17/h1-15,22-23H,16H2,(H,28,31). The third-order valence-corrected chi connectivity index (χ3v) is 6.03. The normalized spacial score (nSPS) is 18.2. The van der Waals surface area contributed by atoms with E-state index in [9.17, 15) is 0 Å². The smallest absolute Gasteiger partial charge is 0.170 e. The Bertz CT molecular complexity index is 1190. The molecule has 1 aliphatic rings. The van der Waals surface area contributed by atoms with E-state index in [1.165, 1.54) is 0 Å². The number of rotatable bonds is 5. The van der Waals surface area contributed by atoms with Gasteiger partial charge in [-0.3, -0.25) is 9.97 Å². The Hall–Kier alpha value is -3.22. The lowest BCUT2D eigenvalue weighted by Crippen LogP contribution is -2.30. The molecule has 0 aliphatic carbocycles. The molecule has 1 saturated heterocycles. The SMILES string of the molecule is S=C1NC(c2ccccn2)C(c2cccn2-c2cccc(Cl)c2)N1Cc1cccnc1. The summed E-state index contributed by atoms with van der Waals surface area (Å²) in [6.07, 6.45) is 7.53. The van der Waals surface area contributed by atoms with Crippen molar-refractivity contribution in [3.05, 3.63) is 113 Å². The van der Waals surface area contributed by atoms with Crippen molar-refractivity contribution in [2.45, 2.75) is 18.6 Å². The van der Waals surface area contributed by atoms with Gasteiger partial charge in [-0.25, -0.2) is 0 Å². The number of aromatic nitrogens is 3. The molecule has 4 heterocycles. The molecule has 31 heavy (non-hydrogen) atoms. The van der Waals surface area contributed by atoms with Crippen LogP contribution in [0.5, 0.6) is 0 Å². The van der Waals surface area contributed by atoms with Crippen LogP contribution < -0.4 is 5.32 Å². The molecule has 3 aromatic heterocycles. The van der Waals surface area contributed by atoms with Gasteiger partial charge >= 0.3 is 0 Å². The molecular weight excluding hydrogens is 426 g/mol. The topological polar surface area (TPSA) is 46.0 Å². The minimum absolute atomic E-state index is 0.0587. The maximum Gasteiger partial charge on any atom is 0.170 e. The van der Waals surface area contributed by atoms with E-state index < -0.39 is 0 Å². The molecule has 2 unspecified atom stereocenters. The number of hydrogen-bond donors (Lipinski definition) is 1. The van der Waals surface area contributed by atoms with Crippen LogP contribution in [0.3, 0.4) is 0 Å². The summed E-state index contributed by atoms with van der Waals surface area (Å²) in [5.41, 5.74) is 4.15. The van der Waals surface area contributed by atoms with Gasteiger partial charge in [0.15, 0.2) is 5.11 Å². The van der Waals surface area contributed by atoms with Gasteiger partial charge < -0.3 is 14.8 Å². The summed E-state index contributed by atoms with van der Waals surface area (Å²) in [5, 5.41) is 4.90. The average molecular weight is 446 g/mol. The predicted octanol–water partition coefficient (Wildman–Crippen LogP) is 5.09. The van der Waals surface area contributed by atoms with Crippen molar-refractivity contribution in [1.82, 2.24) is 24.8 Å². The van der Waals surface area contributed by atoms with Crippen LogP contribution in [-0.2, 0) is 6.54 Å². The van der Waals surface area contributed by atoms with Crippen LogP contribution in [0.15, 0.2) is 91.5 Å². The molecule has 5 nitrogen and oxygen atoms in total. The lowest BCUT2D eigenvalue weighted by molar-refractivity contribution is 0.302. The fourth-order valence-electron chi connectivity index (χ4n) is 4.08. The van der Waals surface area contributed by atoms with Crippen molar-refractivity contribution in [2.75, 3.05) is 0 Å². The summed E-state index contributed by atoms with van der Waals surface area (Å²) in [6.45, 7) is 0.647. The average Bonchev–Trinajstić information content (AvgIpc) is 3.40. The van der Waals surface area contributed by atoms with Crippen molar-refractivity contribution in [3.63, 3.8) is 0 Å². The van der Waals surface area contributed by atoms with Crippen LogP contribution in [0.25, 0.3) is 5.69 Å². The number of nitrogens with zero attached hydrogens (tertiary/aromatic N) is 4. The summed E-state index contributed by atoms with van der Waals surface area (Å²) < 4.78 is 2.17. The van der Waals surface area contributed by atoms with Gasteiger partial charge in [-0.2, -0.15) is 0 Å². The molecular formula is C24H20ClN5S. The fraction of sp³-hybridized carbons (Fsp3) is 0.125. The Balaban J connectivity index is 1.61. The predicted molar refractivity (Wildman–Crippen MR) is 126 cm³/mol. The van der Waals surface area contributed by atoms with Gasteiger partial charge in [0.2, 0.25) is 0 Å². The second-order valence-corrected chi connectivity index (χ2v) is 8.22. The van der Waals surface area contributed by atoms with Crippen molar-refractivity contribution in [2.24, 2.45) is 0 Å². The highest BCUT2D eigenvalue weighted by Crippen LogP contribution is 2.40. The van der Waals surface area contributed by atoms with Crippen LogP contribution >= 0.6 is 23.8 Å². The molecule has 0 saturated carbocycles. The van der Waals surface area contributed by atoms with Crippen molar-refractivity contribution >= 4 is 28.9 Å². The number of thiocarbonyl (C=S) groups is 1. The molecule has 0 amide bonds. The third kappa shape index (κ3) is 3.92. The number of halogens is 1. The second-order valence-electron chi connectivity index (χ2n) is 7.40. The highest BCUT2D eigenvalue weighted by atomic mass is 35.5. The van der Waals surface area contributed by atoms with Crippen LogP contribution in [0.4, 0.5) is 0 Å². The van der Waals surface area contributed by atoms with Crippen molar-refractivity contribution in [1.29, 1.82) is 0 Å². The Morgan fingerprint density at radius 2 is 1.94 bits per heavy atom. The molecule has 1 N–H and O–H groups in total. The fourth-order valence-corrected chi connectivity index (χ4v) is 4.57. The molecule has 1 aromatic carbocycles. The minimum Gasteiger partial charge on any atom is -0.352 e. The van der Waals surface area contributed by atoms with Gasteiger partial charge in [-0.1, -0.05) is 29.8 Å². The molecule has 0 radical (unpaired) electrons. The Labute approximate surface area is 191 Å². The van der Waals surface area contributed by atoms with Gasteiger partial charge in [-0.15, -0.1) is 0 Å². The van der Waals surface area contributed by atoms with E-state index in [4.69, 9.17) is 23.8 Å². The van der Waals surface area contributed by atoms with E-state index in [-0.39, 0.29) is 12.1 Å². The van der Waals surface area contributed by atoms with Crippen molar-refractivity contribution in [3.8, 4) is 5.69 Å². The van der Waals surface area contributed by atoms with Gasteiger partial charge in [0.25, 0.3) is 0 Å². The van der Waals surface area contributed by atoms with E-state index in [1.54, 1.807) is 6.20 Å². The molecule has 1 fully saturated rings. The zero-order valence-corrected chi connectivity index (χ0v) is 18.2. The number of pyridine rings is 2. The van der Waals surface area contributed by atoms with Gasteiger partial charge in [0.05, 0.1) is 17.8 Å². The first kappa shape index (κ1) is 19.7. The maximum atomic E-state index is 6.28. The lowest BCUT2D eigenvalue weighted by Gasteiger charge is -2.29. The zero-order valence-electron chi connectivity index (χ0n) is 16.6. The Morgan fingerprint density at radius 1 is 1.00 bits per heavy atom. The maximum absolute atomic E-state index is 6.28. The number of hydrogen-bond acceptors (Lipinski definition) is 3. The van der Waals surface area contributed by atoms with E-state index in [0.29, 0.717) is 16.7 Å². The third-order valence-electron chi connectivity index (χ3n) is 5.44. The lowest BCUT2D eigenvalue weighted by atomic mass is 10.0. The first-order valence-electron chi connectivity index (χ1n) is 10.0. The summed E-state index contributed by atoms with van der Waals surface area (Å²) in [6, 6.07) is 21.9. The molecule has 5 rings (SSSR count). The first-order chi connectivity index (χ1) is 15.2. The zero-order chi connectivity index (χ0) is 21.2. The number of nitrogens with one attached hydrogen (secondary N) is 1. The molecule has 154 valence electrons. The molecule has 0 bridgehead atoms. The van der Waals surface area contributed by atoms with Gasteiger partial charge in [-0.05, 0) is 66.3 Å². The summed E-state index contributed by atoms with van der Waals surface area (Å²) in [7, 11) is 0. The molecule has 7 heteroatoms. The summed E-state index contributed by atoms with van der Waals surface area (Å²) in [4.78, 5) is 11.1. The quantitative estimate of drug-likeness (QED) is 0.433. The first-order valence-corrected chi connectivity index (χ1v) is 10.8. The van der Waals surface area contributed by atoms with Gasteiger partial charge in [0, 0.05) is 47.7 Å². The molecule has 2 atom stereocenters. The molecule has 1 aliphatic heterocycles. The van der Waals surface area contributed by atoms with Crippen molar-refractivity contribution < 1.29 is 0 Å². The number of benzene rings is 1. The summed E-state index contributed by atoms with van der Waals surface area (Å²) in [5.74, 6) is 0. The minimum atomic E-state index is -0.0850. The second kappa shape index (κ2) is 8.49. The summed E-state index contributed by atoms with van der Waals surface area (Å²) >= 11 is 12.1. The molecule has 0 spiro atoms. The highest BCUT2D eigenvalue weighted by molar-refractivity contribution is 7.80. The van der Waals surface area contributed by atoms with Crippen LogP contribution in [-0.4, -0.2) is 24.5 Å². The van der Waals surface area contributed by atoms with E-state index in [0.717, 1.165) is 22.6 Å². The van der Waals surface area contributed by atoms with Gasteiger partial charge in [0.1, 0.15) is 0 Å². The molecule has 4 aromatic rings. The Morgan fingerprint density at radius 3 is 2.71 bits per heavy atom. The van der Waals surface area contributed by atoms with E-state index in [2.05, 4.69) is 55.2 Å².